The summed E-state index contributed by atoms with van der Waals surface area (Å²) in [5.41, 5.74) is 1.10. The van der Waals surface area contributed by atoms with Gasteiger partial charge in [-0.3, -0.25) is 0 Å². The van der Waals surface area contributed by atoms with Crippen LogP contribution in [0.2, 0.25) is 0 Å². The van der Waals surface area contributed by atoms with Crippen LogP contribution in [0.5, 0.6) is 5.75 Å². The second-order valence-electron chi connectivity index (χ2n) is 6.36. The van der Waals surface area contributed by atoms with Crippen LogP contribution < -0.4 is 10.1 Å². The number of amides is 2. The number of hydrogen-bond donors (Lipinski definition) is 1. The van der Waals surface area contributed by atoms with E-state index in [0.717, 1.165) is 11.3 Å². The highest BCUT2D eigenvalue weighted by Crippen LogP contribution is 2.35. The molecule has 23 heavy (non-hydrogen) atoms. The number of carbonyl (C=O) groups is 1. The van der Waals surface area contributed by atoms with Crippen molar-refractivity contribution in [3.63, 3.8) is 0 Å². The number of nitrogens with one attached hydrogen (secondary N) is 1. The Morgan fingerprint density at radius 1 is 1.26 bits per heavy atom. The zero-order chi connectivity index (χ0) is 16.8. The third kappa shape index (κ3) is 5.13. The molecule has 0 heterocycles. The average Bonchev–Trinajstić information content (AvgIpc) is 3.37. The third-order valence-corrected chi connectivity index (χ3v) is 4.36. The molecule has 1 aliphatic carbocycles. The van der Waals surface area contributed by atoms with Gasteiger partial charge in [-0.2, -0.15) is 0 Å². The predicted octanol–water partition coefficient (Wildman–Crippen LogP) is 3.04. The van der Waals surface area contributed by atoms with Gasteiger partial charge in [0.15, 0.2) is 0 Å². The molecule has 2 atom stereocenters. The lowest BCUT2D eigenvalue weighted by molar-refractivity contribution is 0.145. The lowest BCUT2D eigenvalue weighted by Crippen LogP contribution is -2.49. The lowest BCUT2D eigenvalue weighted by Gasteiger charge is -2.31. The molecule has 1 N–H and O–H groups in total. The zero-order valence-corrected chi connectivity index (χ0v) is 14.5. The number of rotatable bonds is 8. The first-order valence-corrected chi connectivity index (χ1v) is 8.24. The predicted molar refractivity (Wildman–Crippen MR) is 90.6 cm³/mol. The summed E-state index contributed by atoms with van der Waals surface area (Å²) >= 11 is 0. The smallest absolute Gasteiger partial charge is 0.318 e. The highest BCUT2D eigenvalue weighted by molar-refractivity contribution is 5.75. The van der Waals surface area contributed by atoms with E-state index in [1.54, 1.807) is 14.2 Å². The molecule has 0 unspecified atom stereocenters. The van der Waals surface area contributed by atoms with Gasteiger partial charge in [0.1, 0.15) is 5.75 Å². The molecule has 0 aromatic heterocycles. The first-order valence-electron chi connectivity index (χ1n) is 8.24. The Bertz CT molecular complexity index is 499. The molecule has 1 aromatic carbocycles. The van der Waals surface area contributed by atoms with E-state index < -0.39 is 0 Å². The number of methoxy groups -OCH3 is 2. The Morgan fingerprint density at radius 3 is 2.43 bits per heavy atom. The van der Waals surface area contributed by atoms with E-state index in [-0.39, 0.29) is 18.1 Å². The van der Waals surface area contributed by atoms with Crippen LogP contribution in [0, 0.1) is 5.92 Å². The van der Waals surface area contributed by atoms with Crippen molar-refractivity contribution in [2.24, 2.45) is 5.92 Å². The minimum absolute atomic E-state index is 0.00253. The Hall–Kier alpha value is -1.75. The minimum Gasteiger partial charge on any atom is -0.497 e. The van der Waals surface area contributed by atoms with Crippen LogP contribution >= 0.6 is 0 Å². The van der Waals surface area contributed by atoms with E-state index in [1.165, 1.54) is 12.8 Å². The maximum atomic E-state index is 12.7. The molecule has 2 amide bonds. The molecule has 1 aromatic rings. The number of carbonyl (C=O) groups excluding carboxylic acids is 1. The van der Waals surface area contributed by atoms with Gasteiger partial charge in [-0.15, -0.1) is 0 Å². The van der Waals surface area contributed by atoms with Crippen molar-refractivity contribution in [3.8, 4) is 5.75 Å². The van der Waals surface area contributed by atoms with Crippen molar-refractivity contribution in [3.05, 3.63) is 29.8 Å². The Kier molecular flexibility index (Phi) is 6.28. The van der Waals surface area contributed by atoms with Gasteiger partial charge in [-0.05, 0) is 50.3 Å². The van der Waals surface area contributed by atoms with Crippen LogP contribution in [-0.2, 0) is 11.3 Å². The number of hydrogen-bond acceptors (Lipinski definition) is 3. The molecule has 0 aliphatic heterocycles. The first-order chi connectivity index (χ1) is 11.0. The minimum atomic E-state index is -0.0234. The van der Waals surface area contributed by atoms with Gasteiger partial charge < -0.3 is 19.7 Å². The summed E-state index contributed by atoms with van der Waals surface area (Å²) in [5.74, 6) is 1.45. The molecular formula is C18H28N2O3. The number of benzene rings is 1. The van der Waals surface area contributed by atoms with Crippen molar-refractivity contribution >= 4 is 6.03 Å². The molecule has 0 saturated heterocycles. The maximum absolute atomic E-state index is 12.7. The van der Waals surface area contributed by atoms with E-state index in [1.807, 2.05) is 36.1 Å². The van der Waals surface area contributed by atoms with E-state index in [2.05, 4.69) is 12.2 Å². The standard InChI is InChI=1S/C18H28N2O3/c1-13(12-22-3)19-18(21)20(14(2)16-7-8-16)11-15-5-9-17(23-4)10-6-15/h5-6,9-10,13-14,16H,7-8,11-12H2,1-4H3,(H,19,21)/t13-,14-/m0/s1. The number of urea groups is 1. The van der Waals surface area contributed by atoms with E-state index in [0.29, 0.717) is 19.1 Å². The maximum Gasteiger partial charge on any atom is 0.318 e. The molecule has 2 rings (SSSR count). The fraction of sp³-hybridized carbons (Fsp3) is 0.611. The summed E-state index contributed by atoms with van der Waals surface area (Å²) in [6.45, 7) is 5.21. The summed E-state index contributed by atoms with van der Waals surface area (Å²) < 4.78 is 10.3. The normalized spacial score (nSPS) is 16.5. The molecule has 5 heteroatoms. The fourth-order valence-electron chi connectivity index (χ4n) is 2.75. The van der Waals surface area contributed by atoms with Gasteiger partial charge >= 0.3 is 6.03 Å². The SMILES string of the molecule is COC[C@H](C)NC(=O)N(Cc1ccc(OC)cc1)[C@@H](C)C1CC1. The molecule has 1 saturated carbocycles. The monoisotopic (exact) mass is 320 g/mol. The Morgan fingerprint density at radius 2 is 1.91 bits per heavy atom. The van der Waals surface area contributed by atoms with E-state index in [4.69, 9.17) is 9.47 Å². The third-order valence-electron chi connectivity index (χ3n) is 4.36. The van der Waals surface area contributed by atoms with Gasteiger partial charge in [-0.1, -0.05) is 12.1 Å². The molecule has 0 radical (unpaired) electrons. The topological polar surface area (TPSA) is 50.8 Å². The highest BCUT2D eigenvalue weighted by atomic mass is 16.5. The summed E-state index contributed by atoms with van der Waals surface area (Å²) in [7, 11) is 3.30. The van der Waals surface area contributed by atoms with Gasteiger partial charge in [0, 0.05) is 19.7 Å². The Balaban J connectivity index is 2.05. The second-order valence-corrected chi connectivity index (χ2v) is 6.36. The van der Waals surface area contributed by atoms with Gasteiger partial charge in [-0.25, -0.2) is 4.79 Å². The van der Waals surface area contributed by atoms with E-state index >= 15 is 0 Å². The van der Waals surface area contributed by atoms with E-state index in [9.17, 15) is 4.79 Å². The average molecular weight is 320 g/mol. The van der Waals surface area contributed by atoms with Crippen molar-refractivity contribution in [1.82, 2.24) is 10.2 Å². The summed E-state index contributed by atoms with van der Waals surface area (Å²) in [5, 5.41) is 3.02. The van der Waals surface area contributed by atoms with Crippen molar-refractivity contribution in [2.75, 3.05) is 20.8 Å². The van der Waals surface area contributed by atoms with Crippen LogP contribution in [0.1, 0.15) is 32.3 Å². The number of nitrogens with zero attached hydrogens (tertiary/aromatic N) is 1. The molecule has 5 nitrogen and oxygen atoms in total. The van der Waals surface area contributed by atoms with Crippen LogP contribution in [0.25, 0.3) is 0 Å². The van der Waals surface area contributed by atoms with Gasteiger partial charge in [0.05, 0.1) is 19.8 Å². The molecule has 0 bridgehead atoms. The Labute approximate surface area is 139 Å². The first kappa shape index (κ1) is 17.6. The molecule has 0 spiro atoms. The molecule has 1 fully saturated rings. The van der Waals surface area contributed by atoms with Crippen LogP contribution in [0.4, 0.5) is 4.79 Å². The van der Waals surface area contributed by atoms with Crippen LogP contribution in [-0.4, -0.2) is 43.8 Å². The summed E-state index contributed by atoms with van der Waals surface area (Å²) in [6, 6.07) is 8.10. The summed E-state index contributed by atoms with van der Waals surface area (Å²) in [4.78, 5) is 14.6. The zero-order valence-electron chi connectivity index (χ0n) is 14.5. The van der Waals surface area contributed by atoms with Crippen molar-refractivity contribution in [2.45, 2.75) is 45.3 Å². The van der Waals surface area contributed by atoms with Crippen molar-refractivity contribution in [1.29, 1.82) is 0 Å². The largest absolute Gasteiger partial charge is 0.497 e. The highest BCUT2D eigenvalue weighted by Gasteiger charge is 2.34. The van der Waals surface area contributed by atoms with Crippen LogP contribution in [0.15, 0.2) is 24.3 Å². The molecular weight excluding hydrogens is 292 g/mol. The van der Waals surface area contributed by atoms with Gasteiger partial charge in [0.2, 0.25) is 0 Å². The lowest BCUT2D eigenvalue weighted by atomic mass is 10.1. The van der Waals surface area contributed by atoms with Crippen molar-refractivity contribution < 1.29 is 14.3 Å². The molecule has 1 aliphatic rings. The van der Waals surface area contributed by atoms with Gasteiger partial charge in [0.25, 0.3) is 0 Å². The quantitative estimate of drug-likeness (QED) is 0.801. The van der Waals surface area contributed by atoms with Crippen LogP contribution in [0.3, 0.4) is 0 Å². The fourth-order valence-corrected chi connectivity index (χ4v) is 2.75. The summed E-state index contributed by atoms with van der Waals surface area (Å²) in [6.07, 6.45) is 2.42. The molecule has 128 valence electrons. The number of ether oxygens (including phenoxy) is 2. The second kappa shape index (κ2) is 8.20.